The third kappa shape index (κ3) is 3.63. The van der Waals surface area contributed by atoms with Gasteiger partial charge in [0.25, 0.3) is 0 Å². The number of anilines is 1. The molecule has 0 bridgehead atoms. The lowest BCUT2D eigenvalue weighted by Gasteiger charge is -2.06. The molecule has 2 rings (SSSR count). The van der Waals surface area contributed by atoms with Gasteiger partial charge in [0.2, 0.25) is 5.91 Å². The Bertz CT molecular complexity index is 571. The van der Waals surface area contributed by atoms with Crippen LogP contribution in [0.15, 0.2) is 33.7 Å². The number of nitrogens with zero attached hydrogens (tertiary/aromatic N) is 1. The molecule has 0 atom stereocenters. The largest absolute Gasteiger partial charge is 0.361 e. The Hall–Kier alpha value is -1.75. The third-order valence-corrected chi connectivity index (χ3v) is 3.90. The monoisotopic (exact) mass is 290 g/mol. The normalized spacial score (nSPS) is 10.6. The fourth-order valence-electron chi connectivity index (χ4n) is 2.00. The molecule has 0 aliphatic heterocycles. The Balaban J connectivity index is 1.89. The van der Waals surface area contributed by atoms with Gasteiger partial charge in [-0.05, 0) is 50.8 Å². The summed E-state index contributed by atoms with van der Waals surface area (Å²) in [7, 11) is 0. The van der Waals surface area contributed by atoms with Crippen LogP contribution in [0.3, 0.4) is 0 Å². The lowest BCUT2D eigenvalue weighted by atomic mass is 10.1. The lowest BCUT2D eigenvalue weighted by molar-refractivity contribution is -0.116. The zero-order valence-electron chi connectivity index (χ0n) is 11.9. The van der Waals surface area contributed by atoms with E-state index < -0.39 is 0 Å². The second kappa shape index (κ2) is 6.61. The maximum Gasteiger partial charge on any atom is 0.224 e. The first kappa shape index (κ1) is 14.7. The summed E-state index contributed by atoms with van der Waals surface area (Å²) in [5.41, 5.74) is 2.71. The Labute approximate surface area is 122 Å². The summed E-state index contributed by atoms with van der Waals surface area (Å²) in [6, 6.07) is 7.82. The SMILES string of the molecule is CSc1ccc(NC(=O)CCc2c(C)noc2C)cc1. The van der Waals surface area contributed by atoms with Gasteiger partial charge in [-0.15, -0.1) is 11.8 Å². The van der Waals surface area contributed by atoms with E-state index in [1.807, 2.05) is 44.4 Å². The fourth-order valence-corrected chi connectivity index (χ4v) is 2.40. The van der Waals surface area contributed by atoms with Crippen LogP contribution in [0.4, 0.5) is 5.69 Å². The molecule has 1 amide bonds. The van der Waals surface area contributed by atoms with E-state index in [1.54, 1.807) is 11.8 Å². The number of aromatic nitrogens is 1. The molecular formula is C15H18N2O2S. The van der Waals surface area contributed by atoms with Crippen LogP contribution < -0.4 is 5.32 Å². The number of carbonyl (C=O) groups excluding carboxylic acids is 1. The van der Waals surface area contributed by atoms with Gasteiger partial charge in [0.1, 0.15) is 5.76 Å². The molecule has 2 aromatic rings. The number of amides is 1. The fraction of sp³-hybridized carbons (Fsp3) is 0.333. The molecule has 0 aliphatic rings. The van der Waals surface area contributed by atoms with Crippen molar-refractivity contribution in [1.82, 2.24) is 5.16 Å². The minimum Gasteiger partial charge on any atom is -0.361 e. The number of carbonyl (C=O) groups is 1. The summed E-state index contributed by atoms with van der Waals surface area (Å²) in [6.07, 6.45) is 3.10. The smallest absolute Gasteiger partial charge is 0.224 e. The second-order valence-corrected chi connectivity index (χ2v) is 5.46. The molecule has 106 valence electrons. The molecule has 1 aromatic heterocycles. The molecule has 0 unspecified atom stereocenters. The predicted molar refractivity (Wildman–Crippen MR) is 81.2 cm³/mol. The molecule has 5 heteroatoms. The standard InChI is InChI=1S/C15H18N2O2S/c1-10-14(11(2)19-17-10)8-9-15(18)16-12-4-6-13(20-3)7-5-12/h4-7H,8-9H2,1-3H3,(H,16,18). The van der Waals surface area contributed by atoms with E-state index in [0.29, 0.717) is 12.8 Å². The van der Waals surface area contributed by atoms with Gasteiger partial charge in [0.15, 0.2) is 0 Å². The van der Waals surface area contributed by atoms with E-state index in [9.17, 15) is 4.79 Å². The number of rotatable bonds is 5. The van der Waals surface area contributed by atoms with E-state index in [0.717, 1.165) is 22.7 Å². The average molecular weight is 290 g/mol. The Morgan fingerprint density at radius 2 is 2.00 bits per heavy atom. The molecule has 1 aromatic carbocycles. The number of aryl methyl sites for hydroxylation is 2. The average Bonchev–Trinajstić information content (AvgIpc) is 2.77. The molecule has 0 fully saturated rings. The van der Waals surface area contributed by atoms with E-state index in [4.69, 9.17) is 4.52 Å². The first-order valence-electron chi connectivity index (χ1n) is 6.46. The minimum absolute atomic E-state index is 0.00176. The molecule has 0 radical (unpaired) electrons. The zero-order valence-corrected chi connectivity index (χ0v) is 12.7. The highest BCUT2D eigenvalue weighted by molar-refractivity contribution is 7.98. The van der Waals surface area contributed by atoms with Crippen LogP contribution >= 0.6 is 11.8 Å². The van der Waals surface area contributed by atoms with Crippen LogP contribution in [0.2, 0.25) is 0 Å². The highest BCUT2D eigenvalue weighted by Gasteiger charge is 2.11. The van der Waals surface area contributed by atoms with Crippen LogP contribution in [0.25, 0.3) is 0 Å². The molecule has 4 nitrogen and oxygen atoms in total. The summed E-state index contributed by atoms with van der Waals surface area (Å²) >= 11 is 1.68. The highest BCUT2D eigenvalue weighted by atomic mass is 32.2. The van der Waals surface area contributed by atoms with Crippen LogP contribution in [0.5, 0.6) is 0 Å². The van der Waals surface area contributed by atoms with Crippen LogP contribution in [-0.4, -0.2) is 17.3 Å². The van der Waals surface area contributed by atoms with E-state index in [-0.39, 0.29) is 5.91 Å². The Morgan fingerprint density at radius 3 is 2.55 bits per heavy atom. The van der Waals surface area contributed by atoms with Crippen molar-refractivity contribution in [3.63, 3.8) is 0 Å². The van der Waals surface area contributed by atoms with Gasteiger partial charge >= 0.3 is 0 Å². The predicted octanol–water partition coefficient (Wildman–Crippen LogP) is 3.58. The maximum absolute atomic E-state index is 11.9. The van der Waals surface area contributed by atoms with Crippen molar-refractivity contribution < 1.29 is 9.32 Å². The number of hydrogen-bond donors (Lipinski definition) is 1. The van der Waals surface area contributed by atoms with E-state index in [1.165, 1.54) is 4.90 Å². The molecule has 0 spiro atoms. The topological polar surface area (TPSA) is 55.1 Å². The van der Waals surface area contributed by atoms with Crippen molar-refractivity contribution in [3.8, 4) is 0 Å². The zero-order chi connectivity index (χ0) is 14.5. The number of nitrogens with one attached hydrogen (secondary N) is 1. The summed E-state index contributed by atoms with van der Waals surface area (Å²) in [5, 5.41) is 6.78. The van der Waals surface area contributed by atoms with Crippen LogP contribution in [0, 0.1) is 13.8 Å². The summed E-state index contributed by atoms with van der Waals surface area (Å²) < 4.78 is 5.09. The first-order chi connectivity index (χ1) is 9.60. The number of benzene rings is 1. The lowest BCUT2D eigenvalue weighted by Crippen LogP contribution is -2.12. The highest BCUT2D eigenvalue weighted by Crippen LogP contribution is 2.18. The van der Waals surface area contributed by atoms with Crippen molar-refractivity contribution in [2.24, 2.45) is 0 Å². The van der Waals surface area contributed by atoms with Crippen molar-refractivity contribution in [2.75, 3.05) is 11.6 Å². The van der Waals surface area contributed by atoms with Gasteiger partial charge in [-0.1, -0.05) is 5.16 Å². The third-order valence-electron chi connectivity index (χ3n) is 3.16. The summed E-state index contributed by atoms with van der Waals surface area (Å²) in [6.45, 7) is 3.76. The molecule has 0 aliphatic carbocycles. The quantitative estimate of drug-likeness (QED) is 0.855. The van der Waals surface area contributed by atoms with E-state index in [2.05, 4.69) is 10.5 Å². The molecular weight excluding hydrogens is 272 g/mol. The Morgan fingerprint density at radius 1 is 1.30 bits per heavy atom. The second-order valence-electron chi connectivity index (χ2n) is 4.58. The minimum atomic E-state index is 0.00176. The molecule has 1 N–H and O–H groups in total. The van der Waals surface area contributed by atoms with E-state index >= 15 is 0 Å². The van der Waals surface area contributed by atoms with Crippen LogP contribution in [0.1, 0.15) is 23.4 Å². The number of thioether (sulfide) groups is 1. The Kier molecular flexibility index (Phi) is 4.84. The van der Waals surface area contributed by atoms with Gasteiger partial charge in [-0.25, -0.2) is 0 Å². The molecule has 0 saturated carbocycles. The summed E-state index contributed by atoms with van der Waals surface area (Å²) in [4.78, 5) is 13.1. The van der Waals surface area contributed by atoms with Gasteiger partial charge in [0, 0.05) is 22.6 Å². The maximum atomic E-state index is 11.9. The van der Waals surface area contributed by atoms with Gasteiger partial charge in [0.05, 0.1) is 5.69 Å². The van der Waals surface area contributed by atoms with Gasteiger partial charge < -0.3 is 9.84 Å². The van der Waals surface area contributed by atoms with Crippen molar-refractivity contribution in [2.45, 2.75) is 31.6 Å². The van der Waals surface area contributed by atoms with Crippen molar-refractivity contribution in [1.29, 1.82) is 0 Å². The van der Waals surface area contributed by atoms with Crippen molar-refractivity contribution >= 4 is 23.4 Å². The number of hydrogen-bond acceptors (Lipinski definition) is 4. The summed E-state index contributed by atoms with van der Waals surface area (Å²) in [5.74, 6) is 0.793. The van der Waals surface area contributed by atoms with Crippen LogP contribution in [-0.2, 0) is 11.2 Å². The molecule has 20 heavy (non-hydrogen) atoms. The van der Waals surface area contributed by atoms with Gasteiger partial charge in [-0.2, -0.15) is 0 Å². The van der Waals surface area contributed by atoms with Gasteiger partial charge in [-0.3, -0.25) is 4.79 Å². The van der Waals surface area contributed by atoms with Crippen molar-refractivity contribution in [3.05, 3.63) is 41.3 Å². The molecule has 1 heterocycles. The molecule has 0 saturated heterocycles. The first-order valence-corrected chi connectivity index (χ1v) is 7.68.